The van der Waals surface area contributed by atoms with Crippen molar-refractivity contribution in [1.82, 2.24) is 0 Å². The lowest BCUT2D eigenvalue weighted by Gasteiger charge is -2.33. The number of benzene rings is 3. The third kappa shape index (κ3) is 3.05. The molecule has 5 rings (SSSR count). The zero-order valence-electron chi connectivity index (χ0n) is 16.6. The Morgan fingerprint density at radius 3 is 2.55 bits per heavy atom. The van der Waals surface area contributed by atoms with Crippen molar-refractivity contribution >= 4 is 46.6 Å². The first-order chi connectivity index (χ1) is 14.9. The van der Waals surface area contributed by atoms with Crippen LogP contribution in [0.5, 0.6) is 0 Å². The topological polar surface area (TPSA) is 40.6 Å². The van der Waals surface area contributed by atoms with Crippen LogP contribution in [-0.2, 0) is 21.0 Å². The average molecular weight is 453 g/mol. The number of nitrogens with zero attached hydrogens (tertiary/aromatic N) is 2. The molecule has 0 saturated carbocycles. The Hall–Kier alpha value is -2.83. The summed E-state index contributed by atoms with van der Waals surface area (Å²) in [6.07, 6.45) is 0. The molecular weight excluding hydrogens is 435 g/mol. The molecule has 0 radical (unpaired) electrons. The van der Waals surface area contributed by atoms with Gasteiger partial charge in [0, 0.05) is 16.3 Å². The zero-order chi connectivity index (χ0) is 21.8. The van der Waals surface area contributed by atoms with Gasteiger partial charge in [-0.15, -0.1) is 11.8 Å². The van der Waals surface area contributed by atoms with Gasteiger partial charge in [-0.2, -0.15) is 0 Å². The highest BCUT2D eigenvalue weighted by molar-refractivity contribution is 8.02. The van der Waals surface area contributed by atoms with E-state index in [4.69, 9.17) is 11.6 Å². The first kappa shape index (κ1) is 20.1. The summed E-state index contributed by atoms with van der Waals surface area (Å²) in [4.78, 5) is 28.8. The van der Waals surface area contributed by atoms with Crippen molar-refractivity contribution in [3.63, 3.8) is 0 Å². The first-order valence-electron chi connectivity index (χ1n) is 9.81. The van der Waals surface area contributed by atoms with Crippen LogP contribution < -0.4 is 9.80 Å². The van der Waals surface area contributed by atoms with Gasteiger partial charge in [0.2, 0.25) is 10.8 Å². The van der Waals surface area contributed by atoms with Crippen molar-refractivity contribution in [3.05, 3.63) is 94.3 Å². The minimum Gasteiger partial charge on any atom is -0.304 e. The Labute approximate surface area is 188 Å². The Morgan fingerprint density at radius 2 is 1.81 bits per heavy atom. The number of hydrogen-bond donors (Lipinski definition) is 0. The number of carbonyl (C=O) groups is 2. The molecule has 1 fully saturated rings. The van der Waals surface area contributed by atoms with E-state index in [1.165, 1.54) is 22.7 Å². The van der Waals surface area contributed by atoms with Crippen molar-refractivity contribution in [2.45, 2.75) is 18.3 Å². The summed E-state index contributed by atoms with van der Waals surface area (Å²) in [6, 6.07) is 19.5. The third-order valence-corrected chi connectivity index (χ3v) is 7.37. The third-order valence-electron chi connectivity index (χ3n) is 5.73. The largest absolute Gasteiger partial charge is 0.304 e. The Kier molecular flexibility index (Phi) is 4.79. The molecule has 0 N–H and O–H groups in total. The standard InChI is InChI=1S/C24H18ClFN2O2S/c1-15-6-11-18(12-20(15)26)28-22(29)14-31-24(28)19-4-2-3-5-21(19)27(23(24)30)13-16-7-9-17(25)10-8-16/h2-12H,13-14H2,1H3/t24-/m1/s1. The van der Waals surface area contributed by atoms with Gasteiger partial charge in [-0.1, -0.05) is 48.0 Å². The summed E-state index contributed by atoms with van der Waals surface area (Å²) in [7, 11) is 0. The van der Waals surface area contributed by atoms with Crippen LogP contribution in [0.15, 0.2) is 66.7 Å². The normalized spacial score (nSPS) is 20.1. The van der Waals surface area contributed by atoms with E-state index in [1.807, 2.05) is 36.4 Å². The number of amides is 2. The first-order valence-corrected chi connectivity index (χ1v) is 11.2. The van der Waals surface area contributed by atoms with E-state index in [0.29, 0.717) is 22.8 Å². The van der Waals surface area contributed by atoms with Crippen molar-refractivity contribution in [1.29, 1.82) is 0 Å². The van der Waals surface area contributed by atoms with Gasteiger partial charge in [-0.05, 0) is 48.4 Å². The molecule has 0 aliphatic carbocycles. The fraction of sp³-hybridized carbons (Fsp3) is 0.167. The van der Waals surface area contributed by atoms with Crippen LogP contribution >= 0.6 is 23.4 Å². The molecular formula is C24H18ClFN2O2S. The molecule has 2 heterocycles. The Balaban J connectivity index is 1.63. The van der Waals surface area contributed by atoms with Crippen molar-refractivity contribution in [3.8, 4) is 0 Å². The molecule has 4 nitrogen and oxygen atoms in total. The van der Waals surface area contributed by atoms with Gasteiger partial charge in [0.1, 0.15) is 5.82 Å². The number of para-hydroxylation sites is 1. The van der Waals surface area contributed by atoms with Gasteiger partial charge in [-0.25, -0.2) is 4.39 Å². The molecule has 156 valence electrons. The summed E-state index contributed by atoms with van der Waals surface area (Å²) in [5, 5.41) is 0.623. The van der Waals surface area contributed by atoms with E-state index in [-0.39, 0.29) is 17.6 Å². The van der Waals surface area contributed by atoms with Crippen LogP contribution in [0, 0.1) is 12.7 Å². The molecule has 1 atom stereocenters. The second-order valence-electron chi connectivity index (χ2n) is 7.63. The van der Waals surface area contributed by atoms with E-state index in [9.17, 15) is 14.0 Å². The molecule has 1 spiro atoms. The van der Waals surface area contributed by atoms with Crippen LogP contribution in [0.3, 0.4) is 0 Å². The fourth-order valence-corrected chi connectivity index (χ4v) is 5.69. The highest BCUT2D eigenvalue weighted by Crippen LogP contribution is 2.56. The summed E-state index contributed by atoms with van der Waals surface area (Å²) in [6.45, 7) is 2.01. The minimum absolute atomic E-state index is 0.143. The maximum atomic E-state index is 14.4. The predicted octanol–water partition coefficient (Wildman–Crippen LogP) is 5.27. The SMILES string of the molecule is Cc1ccc(N2C(=O)CS[C@]23C(=O)N(Cc2ccc(Cl)cc2)c2ccccc23)cc1F. The smallest absolute Gasteiger partial charge is 0.269 e. The second kappa shape index (κ2) is 7.39. The molecule has 3 aromatic carbocycles. The van der Waals surface area contributed by atoms with Crippen LogP contribution in [0.25, 0.3) is 0 Å². The lowest BCUT2D eigenvalue weighted by Crippen LogP contribution is -2.49. The monoisotopic (exact) mass is 452 g/mol. The van der Waals surface area contributed by atoms with Gasteiger partial charge in [-0.3, -0.25) is 14.5 Å². The van der Waals surface area contributed by atoms with Gasteiger partial charge >= 0.3 is 0 Å². The highest BCUT2D eigenvalue weighted by Gasteiger charge is 2.60. The van der Waals surface area contributed by atoms with Crippen LogP contribution in [-0.4, -0.2) is 17.6 Å². The van der Waals surface area contributed by atoms with Gasteiger partial charge < -0.3 is 4.90 Å². The Morgan fingerprint density at radius 1 is 1.06 bits per heavy atom. The van der Waals surface area contributed by atoms with Crippen LogP contribution in [0.1, 0.15) is 16.7 Å². The van der Waals surface area contributed by atoms with E-state index in [2.05, 4.69) is 0 Å². The molecule has 3 aromatic rings. The minimum atomic E-state index is -1.25. The van der Waals surface area contributed by atoms with Crippen molar-refractivity contribution in [2.75, 3.05) is 15.6 Å². The molecule has 7 heteroatoms. The second-order valence-corrected chi connectivity index (χ2v) is 9.23. The summed E-state index contributed by atoms with van der Waals surface area (Å²) < 4.78 is 14.4. The number of thioether (sulfide) groups is 1. The molecule has 0 unspecified atom stereocenters. The van der Waals surface area contributed by atoms with E-state index in [1.54, 1.807) is 36.1 Å². The van der Waals surface area contributed by atoms with Crippen LogP contribution in [0.4, 0.5) is 15.8 Å². The Bertz CT molecular complexity index is 1220. The van der Waals surface area contributed by atoms with E-state index < -0.39 is 10.7 Å². The molecule has 0 bridgehead atoms. The molecule has 2 aliphatic heterocycles. The number of carbonyl (C=O) groups excluding carboxylic acids is 2. The average Bonchev–Trinajstić information content (AvgIpc) is 3.23. The summed E-state index contributed by atoms with van der Waals surface area (Å²) in [5.74, 6) is -0.691. The molecule has 0 aromatic heterocycles. The number of fused-ring (bicyclic) bond motifs is 2. The van der Waals surface area contributed by atoms with E-state index in [0.717, 1.165) is 16.8 Å². The lowest BCUT2D eigenvalue weighted by molar-refractivity contribution is -0.123. The lowest BCUT2D eigenvalue weighted by atomic mass is 10.0. The van der Waals surface area contributed by atoms with E-state index >= 15 is 0 Å². The molecule has 2 aliphatic rings. The number of aryl methyl sites for hydroxylation is 1. The molecule has 1 saturated heterocycles. The zero-order valence-corrected chi connectivity index (χ0v) is 18.2. The quantitative estimate of drug-likeness (QED) is 0.543. The number of halogens is 2. The van der Waals surface area contributed by atoms with Crippen molar-refractivity contribution in [2.24, 2.45) is 0 Å². The maximum absolute atomic E-state index is 14.4. The highest BCUT2D eigenvalue weighted by atomic mass is 35.5. The van der Waals surface area contributed by atoms with Gasteiger partial charge in [0.15, 0.2) is 0 Å². The number of anilines is 2. The van der Waals surface area contributed by atoms with Crippen LogP contribution in [0.2, 0.25) is 5.02 Å². The maximum Gasteiger partial charge on any atom is 0.269 e. The molecule has 2 amide bonds. The van der Waals surface area contributed by atoms with Crippen molar-refractivity contribution < 1.29 is 14.0 Å². The molecule has 31 heavy (non-hydrogen) atoms. The van der Waals surface area contributed by atoms with Gasteiger partial charge in [0.25, 0.3) is 5.91 Å². The van der Waals surface area contributed by atoms with Gasteiger partial charge in [0.05, 0.1) is 18.0 Å². The number of hydrogen-bond acceptors (Lipinski definition) is 3. The predicted molar refractivity (Wildman–Crippen MR) is 122 cm³/mol. The fourth-order valence-electron chi connectivity index (χ4n) is 4.21. The summed E-state index contributed by atoms with van der Waals surface area (Å²) >= 11 is 7.29. The summed E-state index contributed by atoms with van der Waals surface area (Å²) in [5.41, 5.74) is 3.29. The number of rotatable bonds is 3.